The van der Waals surface area contributed by atoms with Crippen LogP contribution in [0.1, 0.15) is 59.1 Å². The second kappa shape index (κ2) is 12.5. The number of amides is 3. The molecule has 11 heteroatoms. The highest BCUT2D eigenvalue weighted by Crippen LogP contribution is 2.21. The van der Waals surface area contributed by atoms with Crippen molar-refractivity contribution in [1.29, 1.82) is 0 Å². The zero-order valence-corrected chi connectivity index (χ0v) is 20.4. The summed E-state index contributed by atoms with van der Waals surface area (Å²) in [6, 6.07) is -3.50. The fourth-order valence-corrected chi connectivity index (χ4v) is 4.06. The van der Waals surface area contributed by atoms with Gasteiger partial charge in [0.15, 0.2) is 0 Å². The highest BCUT2D eigenvalue weighted by molar-refractivity contribution is 5.94. The Kier molecular flexibility index (Phi) is 10.0. The average Bonchev–Trinajstić information content (AvgIpc) is 3.48. The molecule has 6 N–H and O–H groups in total. The third kappa shape index (κ3) is 7.28. The summed E-state index contributed by atoms with van der Waals surface area (Å²) in [6.07, 6.45) is 5.14. The van der Waals surface area contributed by atoms with Crippen LogP contribution in [-0.2, 0) is 25.6 Å². The molecule has 1 fully saturated rings. The highest BCUT2D eigenvalue weighted by Gasteiger charge is 2.39. The molecule has 0 radical (unpaired) electrons. The molecule has 0 aliphatic carbocycles. The number of carbonyl (C=O) groups excluding carboxylic acids is 3. The van der Waals surface area contributed by atoms with Gasteiger partial charge in [-0.3, -0.25) is 14.4 Å². The molecule has 0 bridgehead atoms. The van der Waals surface area contributed by atoms with Crippen LogP contribution < -0.4 is 16.4 Å². The maximum absolute atomic E-state index is 13.4. The summed E-state index contributed by atoms with van der Waals surface area (Å²) < 4.78 is 0. The van der Waals surface area contributed by atoms with Gasteiger partial charge in [-0.1, -0.05) is 34.1 Å². The van der Waals surface area contributed by atoms with Crippen molar-refractivity contribution in [3.8, 4) is 0 Å². The van der Waals surface area contributed by atoms with Crippen molar-refractivity contribution in [1.82, 2.24) is 25.5 Å². The van der Waals surface area contributed by atoms with E-state index in [4.69, 9.17) is 5.73 Å². The van der Waals surface area contributed by atoms with Crippen molar-refractivity contribution in [3.05, 3.63) is 18.2 Å². The Hall–Kier alpha value is -2.95. The van der Waals surface area contributed by atoms with Gasteiger partial charge in [-0.15, -0.1) is 0 Å². The Bertz CT molecular complexity index is 843. The lowest BCUT2D eigenvalue weighted by Crippen LogP contribution is -2.57. The average molecular weight is 479 g/mol. The second-order valence-electron chi connectivity index (χ2n) is 9.47. The van der Waals surface area contributed by atoms with E-state index in [0.717, 1.165) is 6.42 Å². The number of hydrogen-bond acceptors (Lipinski definition) is 6. The number of nitrogens with zero attached hydrogens (tertiary/aromatic N) is 2. The molecule has 0 aromatic carbocycles. The predicted molar refractivity (Wildman–Crippen MR) is 125 cm³/mol. The molecule has 1 aromatic rings. The first-order valence-electron chi connectivity index (χ1n) is 11.9. The lowest BCUT2D eigenvalue weighted by atomic mass is 9.97. The van der Waals surface area contributed by atoms with E-state index in [1.807, 2.05) is 27.7 Å². The molecular formula is C23H38N6O5. The van der Waals surface area contributed by atoms with Crippen molar-refractivity contribution < 1.29 is 24.3 Å². The molecule has 3 amide bonds. The van der Waals surface area contributed by atoms with Gasteiger partial charge in [0.1, 0.15) is 18.1 Å². The molecule has 1 saturated heterocycles. The number of nitrogens with two attached hydrogens (primary N) is 1. The molecule has 34 heavy (non-hydrogen) atoms. The number of carboxylic acids is 1. The number of imidazole rings is 1. The summed E-state index contributed by atoms with van der Waals surface area (Å²) in [7, 11) is 0. The summed E-state index contributed by atoms with van der Waals surface area (Å²) in [4.78, 5) is 59.0. The van der Waals surface area contributed by atoms with E-state index in [-0.39, 0.29) is 30.1 Å². The predicted octanol–water partition coefficient (Wildman–Crippen LogP) is 0.417. The number of H-pyrrole nitrogens is 1. The number of hydrogen-bond donors (Lipinski definition) is 5. The fraction of sp³-hybridized carbons (Fsp3) is 0.696. The summed E-state index contributed by atoms with van der Waals surface area (Å²) in [6.45, 7) is 8.08. The van der Waals surface area contributed by atoms with Crippen LogP contribution in [0, 0.1) is 11.8 Å². The molecule has 1 aromatic heterocycles. The number of rotatable bonds is 12. The number of carboxylic acid groups (broad SMARTS) is 1. The number of carbonyl (C=O) groups is 4. The number of aliphatic carboxylic acids is 1. The van der Waals surface area contributed by atoms with E-state index in [1.165, 1.54) is 17.4 Å². The Balaban J connectivity index is 2.12. The largest absolute Gasteiger partial charge is 0.480 e. The standard InChI is InChI=1S/C23H38N6O5/c1-5-14(4)19(24)21(31)27-16(9-13(2)3)22(32)29-8-6-7-18(29)20(30)28-17(23(33)34)10-15-11-25-12-26-15/h11-14,16-19H,5-10,24H2,1-4H3,(H,25,26)(H,27,31)(H,28,30)(H,33,34). The third-order valence-corrected chi connectivity index (χ3v) is 6.31. The molecule has 5 unspecified atom stereocenters. The minimum atomic E-state index is -1.18. The van der Waals surface area contributed by atoms with Gasteiger partial charge >= 0.3 is 5.97 Å². The maximum atomic E-state index is 13.4. The van der Waals surface area contributed by atoms with Crippen molar-refractivity contribution in [2.24, 2.45) is 17.6 Å². The molecular weight excluding hydrogens is 440 g/mol. The fourth-order valence-electron chi connectivity index (χ4n) is 4.06. The minimum absolute atomic E-state index is 0.0389. The van der Waals surface area contributed by atoms with E-state index in [0.29, 0.717) is 31.5 Å². The van der Waals surface area contributed by atoms with Gasteiger partial charge < -0.3 is 31.4 Å². The summed E-state index contributed by atoms with van der Waals surface area (Å²) in [5.74, 6) is -2.36. The van der Waals surface area contributed by atoms with Gasteiger partial charge in [0.05, 0.1) is 12.4 Å². The lowest BCUT2D eigenvalue weighted by molar-refractivity contribution is -0.145. The normalized spacial score (nSPS) is 19.4. The molecule has 1 aliphatic rings. The van der Waals surface area contributed by atoms with Crippen LogP contribution in [0.2, 0.25) is 0 Å². The van der Waals surface area contributed by atoms with E-state index >= 15 is 0 Å². The Morgan fingerprint density at radius 2 is 1.94 bits per heavy atom. The smallest absolute Gasteiger partial charge is 0.326 e. The first-order valence-corrected chi connectivity index (χ1v) is 11.9. The molecule has 2 rings (SSSR count). The van der Waals surface area contributed by atoms with Crippen LogP contribution in [0.5, 0.6) is 0 Å². The first-order chi connectivity index (χ1) is 16.0. The van der Waals surface area contributed by atoms with Crippen LogP contribution in [0.4, 0.5) is 0 Å². The van der Waals surface area contributed by atoms with Crippen LogP contribution >= 0.6 is 0 Å². The van der Waals surface area contributed by atoms with Crippen LogP contribution in [0.15, 0.2) is 12.5 Å². The number of aromatic amines is 1. The molecule has 0 saturated carbocycles. The van der Waals surface area contributed by atoms with Crippen LogP contribution in [-0.4, -0.2) is 74.4 Å². The monoisotopic (exact) mass is 478 g/mol. The van der Waals surface area contributed by atoms with Gasteiger partial charge in [0.25, 0.3) is 0 Å². The molecule has 5 atom stereocenters. The Labute approximate surface area is 200 Å². The minimum Gasteiger partial charge on any atom is -0.480 e. The number of aromatic nitrogens is 2. The first kappa shape index (κ1) is 27.3. The quantitative estimate of drug-likeness (QED) is 0.290. The van der Waals surface area contributed by atoms with Crippen molar-refractivity contribution in [2.75, 3.05) is 6.54 Å². The Morgan fingerprint density at radius 1 is 1.24 bits per heavy atom. The summed E-state index contributed by atoms with van der Waals surface area (Å²) in [5.41, 5.74) is 6.63. The summed E-state index contributed by atoms with van der Waals surface area (Å²) >= 11 is 0. The topological polar surface area (TPSA) is 171 Å². The van der Waals surface area contributed by atoms with Crippen molar-refractivity contribution in [3.63, 3.8) is 0 Å². The van der Waals surface area contributed by atoms with Gasteiger partial charge in [-0.25, -0.2) is 9.78 Å². The van der Waals surface area contributed by atoms with Crippen molar-refractivity contribution in [2.45, 2.75) is 84.0 Å². The second-order valence-corrected chi connectivity index (χ2v) is 9.47. The summed E-state index contributed by atoms with van der Waals surface area (Å²) in [5, 5.41) is 14.9. The zero-order valence-electron chi connectivity index (χ0n) is 20.4. The maximum Gasteiger partial charge on any atom is 0.326 e. The number of nitrogens with one attached hydrogen (secondary N) is 3. The van der Waals surface area contributed by atoms with Crippen LogP contribution in [0.3, 0.4) is 0 Å². The van der Waals surface area contributed by atoms with E-state index in [1.54, 1.807) is 0 Å². The zero-order chi connectivity index (χ0) is 25.4. The molecule has 0 spiro atoms. The SMILES string of the molecule is CCC(C)C(N)C(=O)NC(CC(C)C)C(=O)N1CCCC1C(=O)NC(Cc1cnc[nH]1)C(=O)O. The van der Waals surface area contributed by atoms with E-state index in [9.17, 15) is 24.3 Å². The van der Waals surface area contributed by atoms with Crippen LogP contribution in [0.25, 0.3) is 0 Å². The lowest BCUT2D eigenvalue weighted by Gasteiger charge is -2.31. The van der Waals surface area contributed by atoms with Gasteiger partial charge in [0.2, 0.25) is 17.7 Å². The van der Waals surface area contributed by atoms with Gasteiger partial charge in [-0.05, 0) is 31.1 Å². The van der Waals surface area contributed by atoms with Gasteiger partial charge in [0, 0.05) is 24.9 Å². The van der Waals surface area contributed by atoms with E-state index in [2.05, 4.69) is 20.6 Å². The van der Waals surface area contributed by atoms with Crippen molar-refractivity contribution >= 4 is 23.7 Å². The van der Waals surface area contributed by atoms with E-state index < -0.39 is 36.0 Å². The van der Waals surface area contributed by atoms with Gasteiger partial charge in [-0.2, -0.15) is 0 Å². The molecule has 2 heterocycles. The molecule has 11 nitrogen and oxygen atoms in total. The molecule has 1 aliphatic heterocycles. The number of likely N-dealkylation sites (tertiary alicyclic amines) is 1. The molecule has 190 valence electrons. The third-order valence-electron chi connectivity index (χ3n) is 6.31. The Morgan fingerprint density at radius 3 is 2.50 bits per heavy atom. The highest BCUT2D eigenvalue weighted by atomic mass is 16.4.